The van der Waals surface area contributed by atoms with Gasteiger partial charge in [-0.15, -0.1) is 11.3 Å². The van der Waals surface area contributed by atoms with E-state index in [4.69, 9.17) is 22.4 Å². The molecule has 2 rings (SSSR count). The van der Waals surface area contributed by atoms with Crippen molar-refractivity contribution in [3.8, 4) is 10.4 Å². The molecule has 0 aliphatic rings. The molecule has 0 atom stereocenters. The smallest absolute Gasteiger partial charge is 0.348 e. The molecule has 0 bridgehead atoms. The predicted octanol–water partition coefficient (Wildman–Crippen LogP) is 3.97. The van der Waals surface area contributed by atoms with Crippen LogP contribution in [0.2, 0.25) is 5.02 Å². The number of benzene rings is 1. The van der Waals surface area contributed by atoms with Crippen molar-refractivity contribution in [2.45, 2.75) is 13.8 Å². The van der Waals surface area contributed by atoms with Crippen LogP contribution in [-0.2, 0) is 0 Å². The van der Waals surface area contributed by atoms with Crippen LogP contribution in [0.3, 0.4) is 0 Å². The van der Waals surface area contributed by atoms with Crippen LogP contribution in [0.1, 0.15) is 20.8 Å². The average Bonchev–Trinajstić information content (AvgIpc) is 2.57. The van der Waals surface area contributed by atoms with E-state index in [1.54, 1.807) is 6.07 Å². The topological polar surface area (TPSA) is 63.3 Å². The van der Waals surface area contributed by atoms with E-state index in [1.165, 1.54) is 11.3 Å². The first-order chi connectivity index (χ1) is 8.41. The zero-order valence-corrected chi connectivity index (χ0v) is 11.5. The van der Waals surface area contributed by atoms with Crippen molar-refractivity contribution in [2.75, 3.05) is 5.73 Å². The van der Waals surface area contributed by atoms with Gasteiger partial charge in [0.25, 0.3) is 0 Å². The highest BCUT2D eigenvalue weighted by Gasteiger charge is 2.19. The van der Waals surface area contributed by atoms with Crippen LogP contribution >= 0.6 is 22.9 Å². The Balaban J connectivity index is 2.64. The van der Waals surface area contributed by atoms with Gasteiger partial charge in [-0.25, -0.2) is 4.79 Å². The summed E-state index contributed by atoms with van der Waals surface area (Å²) < 4.78 is 0. The van der Waals surface area contributed by atoms with Gasteiger partial charge in [0.05, 0.1) is 5.69 Å². The third-order valence-electron chi connectivity index (χ3n) is 2.82. The normalized spacial score (nSPS) is 10.6. The highest BCUT2D eigenvalue weighted by atomic mass is 35.5. The second-order valence-corrected chi connectivity index (χ2v) is 5.52. The quantitative estimate of drug-likeness (QED) is 0.875. The highest BCUT2D eigenvalue weighted by molar-refractivity contribution is 7.18. The molecule has 0 spiro atoms. The van der Waals surface area contributed by atoms with Crippen LogP contribution in [0.5, 0.6) is 0 Å². The molecule has 0 saturated carbocycles. The lowest BCUT2D eigenvalue weighted by molar-refractivity contribution is 0.0703. The third kappa shape index (κ3) is 2.09. The summed E-state index contributed by atoms with van der Waals surface area (Å²) in [6.07, 6.45) is 0. The van der Waals surface area contributed by atoms with Crippen LogP contribution in [0.25, 0.3) is 10.4 Å². The molecular weight excluding hydrogens is 270 g/mol. The van der Waals surface area contributed by atoms with Crippen LogP contribution in [0, 0.1) is 13.8 Å². The summed E-state index contributed by atoms with van der Waals surface area (Å²) in [5.41, 5.74) is 8.95. The number of rotatable bonds is 2. The third-order valence-corrected chi connectivity index (χ3v) is 4.38. The molecule has 5 heteroatoms. The van der Waals surface area contributed by atoms with E-state index in [0.29, 0.717) is 10.7 Å². The van der Waals surface area contributed by atoms with Crippen molar-refractivity contribution in [1.82, 2.24) is 0 Å². The monoisotopic (exact) mass is 281 g/mol. The minimum atomic E-state index is -0.988. The molecule has 1 heterocycles. The SMILES string of the molecule is Cc1cc(Cl)ccc1-c1sc(C(=O)O)c(N)c1C. The summed E-state index contributed by atoms with van der Waals surface area (Å²) in [6.45, 7) is 3.78. The predicted molar refractivity (Wildman–Crippen MR) is 75.6 cm³/mol. The minimum Gasteiger partial charge on any atom is -0.477 e. The molecule has 1 aromatic heterocycles. The Labute approximate surface area is 114 Å². The summed E-state index contributed by atoms with van der Waals surface area (Å²) in [5.74, 6) is -0.988. The lowest BCUT2D eigenvalue weighted by atomic mass is 10.0. The molecule has 0 fully saturated rings. The number of thiophene rings is 1. The second kappa shape index (κ2) is 4.63. The summed E-state index contributed by atoms with van der Waals surface area (Å²) in [6, 6.07) is 5.54. The lowest BCUT2D eigenvalue weighted by Gasteiger charge is -2.05. The first-order valence-electron chi connectivity index (χ1n) is 5.30. The van der Waals surface area contributed by atoms with E-state index in [2.05, 4.69) is 0 Å². The molecule has 2 aromatic rings. The molecule has 0 amide bonds. The van der Waals surface area contributed by atoms with E-state index in [-0.39, 0.29) is 4.88 Å². The maximum atomic E-state index is 11.1. The van der Waals surface area contributed by atoms with Gasteiger partial charge < -0.3 is 10.8 Å². The summed E-state index contributed by atoms with van der Waals surface area (Å²) >= 11 is 7.12. The maximum Gasteiger partial charge on any atom is 0.348 e. The molecule has 0 unspecified atom stereocenters. The Morgan fingerprint density at radius 1 is 1.39 bits per heavy atom. The van der Waals surface area contributed by atoms with Crippen LogP contribution in [-0.4, -0.2) is 11.1 Å². The highest BCUT2D eigenvalue weighted by Crippen LogP contribution is 2.39. The van der Waals surface area contributed by atoms with Crippen molar-refractivity contribution >= 4 is 34.6 Å². The van der Waals surface area contributed by atoms with Crippen LogP contribution in [0.4, 0.5) is 5.69 Å². The molecule has 0 saturated heterocycles. The molecule has 18 heavy (non-hydrogen) atoms. The molecule has 1 aromatic carbocycles. The number of aryl methyl sites for hydroxylation is 1. The summed E-state index contributed by atoms with van der Waals surface area (Å²) in [7, 11) is 0. The van der Waals surface area contributed by atoms with Crippen molar-refractivity contribution in [3.05, 3.63) is 39.2 Å². The van der Waals surface area contributed by atoms with Gasteiger partial charge in [0.2, 0.25) is 0 Å². The van der Waals surface area contributed by atoms with Gasteiger partial charge in [-0.05, 0) is 42.7 Å². The van der Waals surface area contributed by atoms with Gasteiger partial charge in [-0.3, -0.25) is 0 Å². The van der Waals surface area contributed by atoms with E-state index in [0.717, 1.165) is 21.6 Å². The fourth-order valence-electron chi connectivity index (χ4n) is 1.82. The van der Waals surface area contributed by atoms with Crippen molar-refractivity contribution in [2.24, 2.45) is 0 Å². The fraction of sp³-hybridized carbons (Fsp3) is 0.154. The number of halogens is 1. The summed E-state index contributed by atoms with van der Waals surface area (Å²) in [4.78, 5) is 12.1. The number of nitrogens with two attached hydrogens (primary N) is 1. The van der Waals surface area contributed by atoms with Crippen molar-refractivity contribution in [3.63, 3.8) is 0 Å². The van der Waals surface area contributed by atoms with Gasteiger partial charge >= 0.3 is 5.97 Å². The number of carboxylic acids is 1. The Morgan fingerprint density at radius 3 is 2.56 bits per heavy atom. The van der Waals surface area contributed by atoms with Crippen molar-refractivity contribution < 1.29 is 9.90 Å². The molecule has 3 N–H and O–H groups in total. The number of aromatic carboxylic acids is 1. The maximum absolute atomic E-state index is 11.1. The minimum absolute atomic E-state index is 0.192. The first-order valence-corrected chi connectivity index (χ1v) is 6.50. The standard InChI is InChI=1S/C13H12ClNO2S/c1-6-5-8(14)3-4-9(6)11-7(2)10(15)12(18-11)13(16)17/h3-5H,15H2,1-2H3,(H,16,17). The Hall–Kier alpha value is -1.52. The fourth-order valence-corrected chi connectivity index (χ4v) is 3.21. The molecule has 94 valence electrons. The van der Waals surface area contributed by atoms with Gasteiger partial charge in [0, 0.05) is 9.90 Å². The lowest BCUT2D eigenvalue weighted by Crippen LogP contribution is -1.97. The van der Waals surface area contributed by atoms with Gasteiger partial charge in [0.15, 0.2) is 0 Å². The zero-order valence-electron chi connectivity index (χ0n) is 9.95. The number of hydrogen-bond acceptors (Lipinski definition) is 3. The Kier molecular flexibility index (Phi) is 3.32. The largest absolute Gasteiger partial charge is 0.477 e. The Morgan fingerprint density at radius 2 is 2.06 bits per heavy atom. The van der Waals surface area contributed by atoms with Crippen LogP contribution in [0.15, 0.2) is 18.2 Å². The van der Waals surface area contributed by atoms with E-state index in [1.807, 2.05) is 26.0 Å². The molecule has 0 aliphatic carbocycles. The van der Waals surface area contributed by atoms with Gasteiger partial charge in [0.1, 0.15) is 4.88 Å². The molecule has 0 radical (unpaired) electrons. The van der Waals surface area contributed by atoms with E-state index >= 15 is 0 Å². The first kappa shape index (κ1) is 12.9. The Bertz CT molecular complexity index is 634. The zero-order chi connectivity index (χ0) is 13.4. The van der Waals surface area contributed by atoms with E-state index in [9.17, 15) is 4.79 Å². The molecule has 3 nitrogen and oxygen atoms in total. The van der Waals surface area contributed by atoms with E-state index < -0.39 is 5.97 Å². The number of carboxylic acid groups (broad SMARTS) is 1. The second-order valence-electron chi connectivity index (χ2n) is 4.06. The molecule has 0 aliphatic heterocycles. The number of carbonyl (C=O) groups is 1. The average molecular weight is 282 g/mol. The number of nitrogen functional groups attached to an aromatic ring is 1. The number of anilines is 1. The number of hydrogen-bond donors (Lipinski definition) is 2. The van der Waals surface area contributed by atoms with Gasteiger partial charge in [-0.2, -0.15) is 0 Å². The molecular formula is C13H12ClNO2S. The van der Waals surface area contributed by atoms with Crippen molar-refractivity contribution in [1.29, 1.82) is 0 Å². The van der Waals surface area contributed by atoms with Crippen LogP contribution < -0.4 is 5.73 Å². The summed E-state index contributed by atoms with van der Waals surface area (Å²) in [5, 5.41) is 9.74. The van der Waals surface area contributed by atoms with Gasteiger partial charge in [-0.1, -0.05) is 17.7 Å².